The van der Waals surface area contributed by atoms with Crippen molar-refractivity contribution in [3.63, 3.8) is 0 Å². The summed E-state index contributed by atoms with van der Waals surface area (Å²) in [6.07, 6.45) is 2.16. The molecule has 5 nitrogen and oxygen atoms in total. The molecule has 0 spiro atoms. The normalized spacial score (nSPS) is 10.4. The summed E-state index contributed by atoms with van der Waals surface area (Å²) in [5.74, 6) is 0.715. The largest absolute Gasteiger partial charge is 0.476 e. The third kappa shape index (κ3) is 3.81. The third-order valence-corrected chi connectivity index (χ3v) is 3.12. The smallest absolute Gasteiger partial charge is 0.242 e. The Morgan fingerprint density at radius 1 is 1.33 bits per heavy atom. The molecule has 0 aliphatic heterocycles. The van der Waals surface area contributed by atoms with Gasteiger partial charge in [0.1, 0.15) is 17.8 Å². The number of benzene rings is 1. The van der Waals surface area contributed by atoms with Gasteiger partial charge >= 0.3 is 0 Å². The highest BCUT2D eigenvalue weighted by molar-refractivity contribution is 5.66. The van der Waals surface area contributed by atoms with Crippen molar-refractivity contribution in [1.82, 2.24) is 9.97 Å². The van der Waals surface area contributed by atoms with E-state index in [9.17, 15) is 4.39 Å². The maximum atomic E-state index is 13.0. The second-order valence-corrected chi connectivity index (χ2v) is 4.62. The Labute approximate surface area is 123 Å². The summed E-state index contributed by atoms with van der Waals surface area (Å²) in [6, 6.07) is 4.79. The van der Waals surface area contributed by atoms with Gasteiger partial charge in [0.2, 0.25) is 5.88 Å². The van der Waals surface area contributed by atoms with E-state index in [1.54, 1.807) is 6.07 Å². The van der Waals surface area contributed by atoms with Crippen LogP contribution in [0.5, 0.6) is 5.88 Å². The van der Waals surface area contributed by atoms with Crippen LogP contribution in [0.3, 0.4) is 0 Å². The Kier molecular flexibility index (Phi) is 4.92. The summed E-state index contributed by atoms with van der Waals surface area (Å²) < 4.78 is 18.4. The molecule has 0 unspecified atom stereocenters. The van der Waals surface area contributed by atoms with Gasteiger partial charge in [0.15, 0.2) is 5.82 Å². The minimum atomic E-state index is -0.217. The van der Waals surface area contributed by atoms with E-state index >= 15 is 0 Å². The molecule has 1 aromatic heterocycles. The molecule has 0 aliphatic carbocycles. The summed E-state index contributed by atoms with van der Waals surface area (Å²) in [5.41, 5.74) is 8.35. The van der Waals surface area contributed by atoms with Crippen LogP contribution in [0.25, 0.3) is 0 Å². The maximum absolute atomic E-state index is 13.0. The fourth-order valence-electron chi connectivity index (χ4n) is 2.03. The first kappa shape index (κ1) is 15.0. The number of hydrogen-bond acceptors (Lipinski definition) is 5. The summed E-state index contributed by atoms with van der Waals surface area (Å²) in [4.78, 5) is 8.08. The van der Waals surface area contributed by atoms with E-state index in [0.29, 0.717) is 30.5 Å². The number of aryl methyl sites for hydroxylation is 1. The van der Waals surface area contributed by atoms with Crippen molar-refractivity contribution in [2.75, 3.05) is 24.2 Å². The van der Waals surface area contributed by atoms with Crippen molar-refractivity contribution in [3.8, 4) is 5.88 Å². The van der Waals surface area contributed by atoms with Crippen molar-refractivity contribution in [3.05, 3.63) is 41.5 Å². The summed E-state index contributed by atoms with van der Waals surface area (Å²) in [7, 11) is 0. The molecule has 0 aliphatic rings. The minimum absolute atomic E-state index is 0.217. The number of nitrogens with one attached hydrogen (secondary N) is 1. The Morgan fingerprint density at radius 3 is 2.86 bits per heavy atom. The van der Waals surface area contributed by atoms with Gasteiger partial charge in [0, 0.05) is 6.54 Å². The lowest BCUT2D eigenvalue weighted by Gasteiger charge is -2.11. The highest BCUT2D eigenvalue weighted by Gasteiger charge is 2.08. The van der Waals surface area contributed by atoms with E-state index in [-0.39, 0.29) is 5.82 Å². The zero-order valence-electron chi connectivity index (χ0n) is 12.2. The van der Waals surface area contributed by atoms with Gasteiger partial charge < -0.3 is 15.8 Å². The number of hydrogen-bond donors (Lipinski definition) is 2. The maximum Gasteiger partial charge on any atom is 0.242 e. The zero-order valence-corrected chi connectivity index (χ0v) is 12.2. The van der Waals surface area contributed by atoms with Crippen molar-refractivity contribution < 1.29 is 9.13 Å². The Hall–Kier alpha value is -2.37. The van der Waals surface area contributed by atoms with Crippen molar-refractivity contribution in [1.29, 1.82) is 0 Å². The SMILES string of the molecule is CCOc1ncnc(NCCc2ccc(F)cc2C)c1N. The standard InChI is InChI=1S/C15H19FN4O/c1-3-21-15-13(17)14(19-9-20-15)18-7-6-11-4-5-12(16)8-10(11)2/h4-5,8-9H,3,6-7,17H2,1-2H3,(H,18,19,20). The number of halogens is 1. The highest BCUT2D eigenvalue weighted by atomic mass is 19.1. The van der Waals surface area contributed by atoms with Crippen LogP contribution in [0.4, 0.5) is 15.9 Å². The van der Waals surface area contributed by atoms with E-state index in [1.165, 1.54) is 18.5 Å². The number of rotatable bonds is 6. The Balaban J connectivity index is 1.99. The van der Waals surface area contributed by atoms with Crippen LogP contribution in [0.1, 0.15) is 18.1 Å². The van der Waals surface area contributed by atoms with Crippen molar-refractivity contribution >= 4 is 11.5 Å². The van der Waals surface area contributed by atoms with Crippen LogP contribution in [-0.4, -0.2) is 23.1 Å². The lowest BCUT2D eigenvalue weighted by atomic mass is 10.1. The number of nitrogen functional groups attached to an aromatic ring is 1. The number of nitrogens with two attached hydrogens (primary N) is 1. The molecular weight excluding hydrogens is 271 g/mol. The van der Waals surface area contributed by atoms with E-state index in [1.807, 2.05) is 13.8 Å². The molecular formula is C15H19FN4O. The number of anilines is 2. The quantitative estimate of drug-likeness (QED) is 0.855. The molecule has 0 atom stereocenters. The van der Waals surface area contributed by atoms with Gasteiger partial charge in [-0.15, -0.1) is 0 Å². The molecule has 2 aromatic rings. The molecule has 0 bridgehead atoms. The molecule has 112 valence electrons. The molecule has 0 saturated heterocycles. The predicted octanol–water partition coefficient (Wildman–Crippen LogP) is 2.56. The monoisotopic (exact) mass is 290 g/mol. The second-order valence-electron chi connectivity index (χ2n) is 4.62. The summed E-state index contributed by atoms with van der Waals surface area (Å²) in [5, 5.41) is 3.15. The van der Waals surface area contributed by atoms with E-state index in [2.05, 4.69) is 15.3 Å². The first-order valence-electron chi connectivity index (χ1n) is 6.84. The minimum Gasteiger partial charge on any atom is -0.476 e. The first-order chi connectivity index (χ1) is 10.1. The van der Waals surface area contributed by atoms with Gasteiger partial charge in [0.25, 0.3) is 0 Å². The fourth-order valence-corrected chi connectivity index (χ4v) is 2.03. The topological polar surface area (TPSA) is 73.1 Å². The Bertz CT molecular complexity index is 619. The summed E-state index contributed by atoms with van der Waals surface area (Å²) >= 11 is 0. The first-order valence-corrected chi connectivity index (χ1v) is 6.84. The fraction of sp³-hybridized carbons (Fsp3) is 0.333. The van der Waals surface area contributed by atoms with Gasteiger partial charge in [0.05, 0.1) is 6.61 Å². The molecule has 0 fully saturated rings. The van der Waals surface area contributed by atoms with Gasteiger partial charge in [-0.2, -0.15) is 4.98 Å². The average molecular weight is 290 g/mol. The van der Waals surface area contributed by atoms with E-state index in [4.69, 9.17) is 10.5 Å². The van der Waals surface area contributed by atoms with Crippen LogP contribution in [0.2, 0.25) is 0 Å². The predicted molar refractivity (Wildman–Crippen MR) is 80.9 cm³/mol. The molecule has 0 amide bonds. The molecule has 3 N–H and O–H groups in total. The molecule has 6 heteroatoms. The van der Waals surface area contributed by atoms with Gasteiger partial charge in [-0.25, -0.2) is 9.37 Å². The lowest BCUT2D eigenvalue weighted by molar-refractivity contribution is 0.328. The van der Waals surface area contributed by atoms with Crippen LogP contribution in [0, 0.1) is 12.7 Å². The van der Waals surface area contributed by atoms with Crippen LogP contribution in [-0.2, 0) is 6.42 Å². The molecule has 2 rings (SSSR count). The summed E-state index contributed by atoms with van der Waals surface area (Å²) in [6.45, 7) is 4.89. The number of nitrogens with zero attached hydrogens (tertiary/aromatic N) is 2. The molecule has 21 heavy (non-hydrogen) atoms. The lowest BCUT2D eigenvalue weighted by Crippen LogP contribution is -2.11. The zero-order chi connectivity index (χ0) is 15.2. The molecule has 0 radical (unpaired) electrons. The van der Waals surface area contributed by atoms with Crippen LogP contribution in [0.15, 0.2) is 24.5 Å². The van der Waals surface area contributed by atoms with Crippen LogP contribution >= 0.6 is 0 Å². The second kappa shape index (κ2) is 6.88. The molecule has 1 heterocycles. The van der Waals surface area contributed by atoms with Crippen molar-refractivity contribution in [2.45, 2.75) is 20.3 Å². The van der Waals surface area contributed by atoms with Gasteiger partial charge in [-0.3, -0.25) is 0 Å². The highest BCUT2D eigenvalue weighted by Crippen LogP contribution is 2.24. The third-order valence-electron chi connectivity index (χ3n) is 3.12. The van der Waals surface area contributed by atoms with E-state index < -0.39 is 0 Å². The average Bonchev–Trinajstić information content (AvgIpc) is 2.45. The Morgan fingerprint density at radius 2 is 2.14 bits per heavy atom. The van der Waals surface area contributed by atoms with Gasteiger partial charge in [-0.1, -0.05) is 6.07 Å². The number of aromatic nitrogens is 2. The van der Waals surface area contributed by atoms with Crippen molar-refractivity contribution in [2.24, 2.45) is 0 Å². The molecule has 0 saturated carbocycles. The van der Waals surface area contributed by atoms with Gasteiger partial charge in [-0.05, 0) is 43.5 Å². The number of ether oxygens (including phenoxy) is 1. The molecule has 1 aromatic carbocycles. The van der Waals surface area contributed by atoms with Crippen LogP contribution < -0.4 is 15.8 Å². The van der Waals surface area contributed by atoms with E-state index in [0.717, 1.165) is 17.5 Å².